The van der Waals surface area contributed by atoms with Gasteiger partial charge in [0.1, 0.15) is 22.9 Å². The number of hydrogen-bond donors (Lipinski definition) is 0. The van der Waals surface area contributed by atoms with Gasteiger partial charge in [-0.1, -0.05) is 19.1 Å². The maximum atomic E-state index is 14.0. The van der Waals surface area contributed by atoms with Crippen LogP contribution in [-0.2, 0) is 0 Å². The van der Waals surface area contributed by atoms with Gasteiger partial charge in [-0.2, -0.15) is 0 Å². The van der Waals surface area contributed by atoms with Crippen molar-refractivity contribution in [3.63, 3.8) is 0 Å². The molecule has 1 aliphatic heterocycles. The maximum absolute atomic E-state index is 14.0. The second kappa shape index (κ2) is 9.25. The Morgan fingerprint density at radius 2 is 1.74 bits per heavy atom. The highest BCUT2D eigenvalue weighted by molar-refractivity contribution is 6.10. The molecule has 1 aromatic heterocycles. The number of anilines is 1. The number of ether oxygens (including phenoxy) is 2. The zero-order chi connectivity index (χ0) is 24.5. The van der Waals surface area contributed by atoms with E-state index in [9.17, 15) is 14.0 Å². The Balaban J connectivity index is 1.71. The molecule has 0 aliphatic carbocycles. The van der Waals surface area contributed by atoms with Crippen LogP contribution in [0.1, 0.15) is 48.0 Å². The van der Waals surface area contributed by atoms with Crippen molar-refractivity contribution in [2.24, 2.45) is 0 Å². The molecule has 0 saturated carbocycles. The molecule has 0 fully saturated rings. The van der Waals surface area contributed by atoms with E-state index in [1.807, 2.05) is 38.1 Å². The summed E-state index contributed by atoms with van der Waals surface area (Å²) >= 11 is 0. The standard InChI is InChI=1S/C28H24FNO5/c1-3-14-34-21-7-5-6-17(15-21)25-24-26(31)22-16-18(29)8-13-23(22)35-27(24)28(32)30(25)19-9-11-20(12-10-19)33-4-2/h5-13,15-16,25H,3-4,14H2,1-2H3. The van der Waals surface area contributed by atoms with Gasteiger partial charge in [0.15, 0.2) is 5.43 Å². The number of benzene rings is 3. The summed E-state index contributed by atoms with van der Waals surface area (Å²) in [4.78, 5) is 28.8. The molecule has 7 heteroatoms. The van der Waals surface area contributed by atoms with E-state index in [2.05, 4.69) is 0 Å². The first-order chi connectivity index (χ1) is 17.0. The van der Waals surface area contributed by atoms with Crippen molar-refractivity contribution in [1.82, 2.24) is 0 Å². The molecule has 4 aromatic rings. The fourth-order valence-electron chi connectivity index (χ4n) is 4.39. The Morgan fingerprint density at radius 1 is 0.943 bits per heavy atom. The van der Waals surface area contributed by atoms with E-state index in [0.29, 0.717) is 36.0 Å². The molecular weight excluding hydrogens is 449 g/mol. The SMILES string of the molecule is CCCOc1cccc(C2c3c(oc4ccc(F)cc4c3=O)C(=O)N2c2ccc(OCC)cc2)c1. The first-order valence-electron chi connectivity index (χ1n) is 11.6. The van der Waals surface area contributed by atoms with Crippen molar-refractivity contribution in [2.75, 3.05) is 18.1 Å². The Kier molecular flexibility index (Phi) is 5.99. The summed E-state index contributed by atoms with van der Waals surface area (Å²) in [6.45, 7) is 4.96. The van der Waals surface area contributed by atoms with Gasteiger partial charge in [-0.15, -0.1) is 0 Å². The summed E-state index contributed by atoms with van der Waals surface area (Å²) in [5.41, 5.74) is 1.16. The van der Waals surface area contributed by atoms with E-state index in [1.54, 1.807) is 24.3 Å². The lowest BCUT2D eigenvalue weighted by molar-refractivity contribution is 0.0971. The number of rotatable bonds is 7. The van der Waals surface area contributed by atoms with Gasteiger partial charge in [0, 0.05) is 5.69 Å². The minimum atomic E-state index is -0.774. The molecule has 1 atom stereocenters. The summed E-state index contributed by atoms with van der Waals surface area (Å²) in [7, 11) is 0. The number of nitrogens with zero attached hydrogens (tertiary/aromatic N) is 1. The van der Waals surface area contributed by atoms with Gasteiger partial charge in [0.2, 0.25) is 5.76 Å². The first-order valence-corrected chi connectivity index (χ1v) is 11.6. The minimum Gasteiger partial charge on any atom is -0.494 e. The van der Waals surface area contributed by atoms with Crippen LogP contribution in [0.2, 0.25) is 0 Å². The van der Waals surface area contributed by atoms with Gasteiger partial charge in [-0.25, -0.2) is 4.39 Å². The zero-order valence-electron chi connectivity index (χ0n) is 19.4. The molecule has 0 N–H and O–H groups in total. The lowest BCUT2D eigenvalue weighted by Crippen LogP contribution is -2.29. The van der Waals surface area contributed by atoms with Crippen LogP contribution >= 0.6 is 0 Å². The van der Waals surface area contributed by atoms with Crippen LogP contribution in [0, 0.1) is 5.82 Å². The fraction of sp³-hybridized carbons (Fsp3) is 0.214. The third kappa shape index (κ3) is 4.03. The van der Waals surface area contributed by atoms with E-state index >= 15 is 0 Å². The van der Waals surface area contributed by atoms with Crippen molar-refractivity contribution >= 4 is 22.6 Å². The average molecular weight is 474 g/mol. The number of amides is 1. The van der Waals surface area contributed by atoms with Gasteiger partial charge < -0.3 is 13.9 Å². The summed E-state index contributed by atoms with van der Waals surface area (Å²) in [6.07, 6.45) is 0.842. The van der Waals surface area contributed by atoms with Crippen LogP contribution in [0.25, 0.3) is 11.0 Å². The number of carbonyl (C=O) groups is 1. The number of hydrogen-bond acceptors (Lipinski definition) is 5. The molecule has 1 amide bonds. The number of halogens is 1. The van der Waals surface area contributed by atoms with Crippen LogP contribution in [-0.4, -0.2) is 19.1 Å². The molecular formula is C28H24FNO5. The summed E-state index contributed by atoms with van der Waals surface area (Å²) in [6, 6.07) is 17.3. The van der Waals surface area contributed by atoms with E-state index in [1.165, 1.54) is 17.0 Å². The van der Waals surface area contributed by atoms with Crippen molar-refractivity contribution in [3.05, 3.63) is 99.7 Å². The Labute approximate surface area is 201 Å². The summed E-state index contributed by atoms with van der Waals surface area (Å²) < 4.78 is 31.2. The largest absolute Gasteiger partial charge is 0.494 e. The van der Waals surface area contributed by atoms with Gasteiger partial charge >= 0.3 is 0 Å². The van der Waals surface area contributed by atoms with Crippen LogP contribution in [0.5, 0.6) is 11.5 Å². The second-order valence-corrected chi connectivity index (χ2v) is 8.24. The lowest BCUT2D eigenvalue weighted by Gasteiger charge is -2.25. The average Bonchev–Trinajstić information content (AvgIpc) is 3.16. The van der Waals surface area contributed by atoms with Crippen molar-refractivity contribution in [3.8, 4) is 11.5 Å². The highest BCUT2D eigenvalue weighted by atomic mass is 19.1. The molecule has 1 aliphatic rings. The normalized spacial score (nSPS) is 14.9. The molecule has 35 heavy (non-hydrogen) atoms. The molecule has 6 nitrogen and oxygen atoms in total. The Bertz CT molecular complexity index is 1460. The predicted octanol–water partition coefficient (Wildman–Crippen LogP) is 5.87. The lowest BCUT2D eigenvalue weighted by atomic mass is 9.98. The van der Waals surface area contributed by atoms with E-state index in [-0.39, 0.29) is 22.3 Å². The van der Waals surface area contributed by atoms with Gasteiger partial charge in [-0.3, -0.25) is 14.5 Å². The predicted molar refractivity (Wildman–Crippen MR) is 131 cm³/mol. The van der Waals surface area contributed by atoms with E-state index in [4.69, 9.17) is 13.9 Å². The third-order valence-electron chi connectivity index (χ3n) is 5.90. The van der Waals surface area contributed by atoms with Crippen LogP contribution in [0.4, 0.5) is 10.1 Å². The van der Waals surface area contributed by atoms with Gasteiger partial charge in [-0.05, 0) is 73.5 Å². The quantitative estimate of drug-likeness (QED) is 0.336. The molecule has 0 spiro atoms. The number of carbonyl (C=O) groups excluding carboxylic acids is 1. The van der Waals surface area contributed by atoms with Crippen molar-refractivity contribution < 1.29 is 23.1 Å². The fourth-order valence-corrected chi connectivity index (χ4v) is 4.39. The highest BCUT2D eigenvalue weighted by Gasteiger charge is 2.43. The Hall–Kier alpha value is -4.13. The molecule has 5 rings (SSSR count). The molecule has 0 bridgehead atoms. The number of fused-ring (bicyclic) bond motifs is 2. The van der Waals surface area contributed by atoms with E-state index < -0.39 is 23.2 Å². The van der Waals surface area contributed by atoms with E-state index in [0.717, 1.165) is 12.5 Å². The maximum Gasteiger partial charge on any atom is 0.295 e. The molecule has 3 aromatic carbocycles. The minimum absolute atomic E-state index is 0.0483. The topological polar surface area (TPSA) is 69.0 Å². The highest BCUT2D eigenvalue weighted by Crippen LogP contribution is 2.42. The smallest absolute Gasteiger partial charge is 0.295 e. The van der Waals surface area contributed by atoms with Gasteiger partial charge in [0.25, 0.3) is 5.91 Å². The van der Waals surface area contributed by atoms with Crippen molar-refractivity contribution in [1.29, 1.82) is 0 Å². The van der Waals surface area contributed by atoms with Crippen molar-refractivity contribution in [2.45, 2.75) is 26.3 Å². The summed E-state index contributed by atoms with van der Waals surface area (Å²) in [5.74, 6) is 0.254. The molecule has 0 radical (unpaired) electrons. The second-order valence-electron chi connectivity index (χ2n) is 8.24. The molecule has 2 heterocycles. The monoisotopic (exact) mass is 473 g/mol. The Morgan fingerprint density at radius 3 is 2.49 bits per heavy atom. The van der Waals surface area contributed by atoms with Crippen LogP contribution < -0.4 is 19.8 Å². The third-order valence-corrected chi connectivity index (χ3v) is 5.90. The molecule has 0 saturated heterocycles. The van der Waals surface area contributed by atoms with Crippen LogP contribution in [0.15, 0.2) is 75.9 Å². The first kappa shape index (κ1) is 22.7. The van der Waals surface area contributed by atoms with Gasteiger partial charge in [0.05, 0.1) is 30.2 Å². The zero-order valence-corrected chi connectivity index (χ0v) is 19.4. The summed E-state index contributed by atoms with van der Waals surface area (Å²) in [5, 5.41) is 0.0912. The molecule has 1 unspecified atom stereocenters. The molecule has 178 valence electrons. The van der Waals surface area contributed by atoms with Crippen LogP contribution in [0.3, 0.4) is 0 Å².